The second kappa shape index (κ2) is 5.48. The van der Waals surface area contributed by atoms with Gasteiger partial charge in [0.2, 0.25) is 19.5 Å². The summed E-state index contributed by atoms with van der Waals surface area (Å²) < 4.78 is 41.5. The molecule has 0 saturated carbocycles. The minimum atomic E-state index is -3.42. The highest BCUT2D eigenvalue weighted by molar-refractivity contribution is 7.24. The van der Waals surface area contributed by atoms with Crippen LogP contribution in [0.15, 0.2) is 36.4 Å². The minimum absolute atomic E-state index is 0.0552. The number of nitrogens with two attached hydrogens (primary N) is 1. The predicted molar refractivity (Wildman–Crippen MR) is 85.6 cm³/mol. The van der Waals surface area contributed by atoms with Gasteiger partial charge in [0.05, 0.1) is 0 Å². The summed E-state index contributed by atoms with van der Waals surface area (Å²) in [6.45, 7) is 1.12. The van der Waals surface area contributed by atoms with E-state index < -0.39 is 43.5 Å². The lowest BCUT2D eigenvalue weighted by Gasteiger charge is -2.22. The molecule has 0 unspecified atom stereocenters. The maximum absolute atomic E-state index is 14.5. The number of benzene rings is 2. The first-order chi connectivity index (χ1) is 11.3. The van der Waals surface area contributed by atoms with Gasteiger partial charge in [-0.2, -0.15) is 0 Å². The van der Waals surface area contributed by atoms with Crippen LogP contribution >= 0.6 is 0 Å². The number of rotatable bonds is 3. The maximum atomic E-state index is 14.5. The van der Waals surface area contributed by atoms with E-state index in [0.29, 0.717) is 5.19 Å². The summed E-state index contributed by atoms with van der Waals surface area (Å²) in [5, 5.41) is 0.368. The molecular weight excluding hydrogens is 337 g/mol. The number of hydrogen-bond acceptors (Lipinski definition) is 2. The number of halogens is 3. The normalized spacial score (nSPS) is 19.5. The van der Waals surface area contributed by atoms with Gasteiger partial charge >= 0.3 is 0 Å². The Kier molecular flexibility index (Phi) is 3.71. The van der Waals surface area contributed by atoms with Gasteiger partial charge in [-0.3, -0.25) is 9.59 Å². The van der Waals surface area contributed by atoms with Crippen LogP contribution in [0, 0.1) is 17.5 Å². The van der Waals surface area contributed by atoms with E-state index in [-0.39, 0.29) is 10.9 Å². The van der Waals surface area contributed by atoms with Crippen LogP contribution in [0.1, 0.15) is 0 Å². The van der Waals surface area contributed by atoms with Crippen LogP contribution in [0.3, 0.4) is 0 Å². The number of anilines is 1. The number of amides is 2. The first kappa shape index (κ1) is 16.3. The average Bonchev–Trinajstić information content (AvgIpc) is 2.74. The Bertz CT molecular complexity index is 857. The Hall–Kier alpha value is -2.61. The van der Waals surface area contributed by atoms with E-state index in [1.165, 1.54) is 18.2 Å². The molecule has 3 rings (SSSR count). The maximum Gasteiger partial charge on any atom is 0.237 e. The SMILES string of the molecule is C[Si@@]1(c2ccc(F)cc2)C(=O)N(CC(N)=O)c2ccc(F)c(F)c21. The summed E-state index contributed by atoms with van der Waals surface area (Å²) in [6.07, 6.45) is 0. The first-order valence-corrected chi connectivity index (χ1v) is 9.61. The van der Waals surface area contributed by atoms with Crippen LogP contribution in [0.5, 0.6) is 0 Å². The fraction of sp³-hybridized carbons (Fsp3) is 0.125. The zero-order valence-electron chi connectivity index (χ0n) is 12.6. The first-order valence-electron chi connectivity index (χ1n) is 7.11. The molecule has 124 valence electrons. The number of primary amides is 1. The van der Waals surface area contributed by atoms with E-state index in [1.807, 2.05) is 0 Å². The molecule has 4 nitrogen and oxygen atoms in total. The third kappa shape index (κ3) is 2.22. The summed E-state index contributed by atoms with van der Waals surface area (Å²) in [7, 11) is -3.42. The van der Waals surface area contributed by atoms with Crippen molar-refractivity contribution in [3.63, 3.8) is 0 Å². The molecule has 2 aromatic rings. The monoisotopic (exact) mass is 350 g/mol. The Morgan fingerprint density at radius 3 is 2.33 bits per heavy atom. The number of nitrogens with zero attached hydrogens (tertiary/aromatic N) is 1. The van der Waals surface area contributed by atoms with Crippen molar-refractivity contribution in [2.75, 3.05) is 11.4 Å². The standard InChI is InChI=1S/C16H13F3N2O2Si/c1-24(10-4-2-9(17)3-5-10)15-12(7-6-11(18)14(15)19)21(16(24)23)8-13(20)22/h2-7H,8H2,1H3,(H2,20,22)/t24-/m0/s1. The second-order valence-corrected chi connectivity index (χ2v) is 9.50. The molecule has 0 aromatic heterocycles. The molecule has 0 radical (unpaired) electrons. The van der Waals surface area contributed by atoms with Gasteiger partial charge in [0.1, 0.15) is 12.4 Å². The third-order valence-electron chi connectivity index (χ3n) is 4.27. The van der Waals surface area contributed by atoms with Crippen molar-refractivity contribution in [2.24, 2.45) is 5.73 Å². The van der Waals surface area contributed by atoms with Crippen LogP contribution in [0.25, 0.3) is 0 Å². The Labute approximate surface area is 136 Å². The molecule has 2 aromatic carbocycles. The molecule has 8 heteroatoms. The van der Waals surface area contributed by atoms with Gasteiger partial charge in [-0.15, -0.1) is 0 Å². The van der Waals surface area contributed by atoms with Gasteiger partial charge in [0, 0.05) is 10.9 Å². The zero-order valence-corrected chi connectivity index (χ0v) is 13.6. The highest BCUT2D eigenvalue weighted by Crippen LogP contribution is 2.30. The van der Waals surface area contributed by atoms with E-state index in [0.717, 1.165) is 23.1 Å². The van der Waals surface area contributed by atoms with Gasteiger partial charge in [-0.05, 0) is 29.5 Å². The Balaban J connectivity index is 2.28. The van der Waals surface area contributed by atoms with E-state index >= 15 is 0 Å². The highest BCUT2D eigenvalue weighted by Gasteiger charge is 2.53. The van der Waals surface area contributed by atoms with Gasteiger partial charge in [0.15, 0.2) is 11.6 Å². The van der Waals surface area contributed by atoms with Crippen LogP contribution in [-0.4, -0.2) is 26.1 Å². The fourth-order valence-corrected chi connectivity index (χ4v) is 6.70. The fourth-order valence-electron chi connectivity index (χ4n) is 3.09. The zero-order chi connectivity index (χ0) is 17.6. The van der Waals surface area contributed by atoms with Crippen LogP contribution in [0.4, 0.5) is 23.7 Å². The molecule has 1 heterocycles. The number of fused-ring (bicyclic) bond motifs is 1. The molecule has 0 saturated heterocycles. The lowest BCUT2D eigenvalue weighted by Crippen LogP contribution is -2.61. The van der Waals surface area contributed by atoms with Crippen LogP contribution in [0.2, 0.25) is 6.55 Å². The largest absolute Gasteiger partial charge is 0.368 e. The molecule has 0 spiro atoms. The third-order valence-corrected chi connectivity index (χ3v) is 8.36. The lowest BCUT2D eigenvalue weighted by atomic mass is 10.2. The predicted octanol–water partition coefficient (Wildman–Crippen LogP) is 1.30. The molecule has 1 atom stereocenters. The van der Waals surface area contributed by atoms with Crippen molar-refractivity contribution in [1.82, 2.24) is 0 Å². The second-order valence-electron chi connectivity index (χ2n) is 5.74. The number of carbonyl (C=O) groups is 2. The van der Waals surface area contributed by atoms with E-state index in [1.54, 1.807) is 6.55 Å². The topological polar surface area (TPSA) is 63.4 Å². The van der Waals surface area contributed by atoms with Crippen LogP contribution in [-0.2, 0) is 4.79 Å². The number of carbonyl (C=O) groups excluding carboxylic acids is 2. The van der Waals surface area contributed by atoms with Crippen molar-refractivity contribution in [1.29, 1.82) is 0 Å². The minimum Gasteiger partial charge on any atom is -0.368 e. The van der Waals surface area contributed by atoms with Gasteiger partial charge in [-0.1, -0.05) is 18.7 Å². The summed E-state index contributed by atoms with van der Waals surface area (Å²) >= 11 is 0. The smallest absolute Gasteiger partial charge is 0.237 e. The quantitative estimate of drug-likeness (QED) is 0.849. The Morgan fingerprint density at radius 2 is 1.75 bits per heavy atom. The molecule has 0 aliphatic carbocycles. The highest BCUT2D eigenvalue weighted by atomic mass is 28.3. The number of hydrogen-bond donors (Lipinski definition) is 1. The van der Waals surface area contributed by atoms with Crippen molar-refractivity contribution >= 4 is 35.6 Å². The molecule has 0 bridgehead atoms. The molecule has 2 N–H and O–H groups in total. The van der Waals surface area contributed by atoms with Crippen molar-refractivity contribution in [3.05, 3.63) is 53.8 Å². The summed E-state index contributed by atoms with van der Waals surface area (Å²) in [6, 6.07) is 7.27. The Morgan fingerprint density at radius 1 is 1.12 bits per heavy atom. The molecule has 24 heavy (non-hydrogen) atoms. The summed E-state index contributed by atoms with van der Waals surface area (Å²) in [5.41, 5.74) is 4.81. The van der Waals surface area contributed by atoms with Crippen molar-refractivity contribution in [2.45, 2.75) is 6.55 Å². The molecular formula is C16H13F3N2O2Si. The molecule has 2 amide bonds. The lowest BCUT2D eigenvalue weighted by molar-refractivity contribution is -0.116. The van der Waals surface area contributed by atoms with Gasteiger partial charge < -0.3 is 10.6 Å². The molecule has 1 aliphatic rings. The summed E-state index contributed by atoms with van der Waals surface area (Å²) in [4.78, 5) is 25.3. The average molecular weight is 350 g/mol. The molecule has 0 fully saturated rings. The van der Waals surface area contributed by atoms with E-state index in [9.17, 15) is 22.8 Å². The van der Waals surface area contributed by atoms with Crippen LogP contribution < -0.4 is 21.0 Å². The van der Waals surface area contributed by atoms with Gasteiger partial charge in [0.25, 0.3) is 0 Å². The van der Waals surface area contributed by atoms with E-state index in [2.05, 4.69) is 0 Å². The summed E-state index contributed by atoms with van der Waals surface area (Å²) in [5.74, 6) is -3.47. The van der Waals surface area contributed by atoms with Gasteiger partial charge in [-0.25, -0.2) is 13.2 Å². The van der Waals surface area contributed by atoms with E-state index in [4.69, 9.17) is 5.73 Å². The molecule has 1 aliphatic heterocycles. The van der Waals surface area contributed by atoms with Crippen molar-refractivity contribution in [3.8, 4) is 0 Å². The van der Waals surface area contributed by atoms with Crippen molar-refractivity contribution < 1.29 is 22.8 Å².